The van der Waals surface area contributed by atoms with Crippen LogP contribution in [-0.2, 0) is 6.18 Å². The molecule has 0 amide bonds. The van der Waals surface area contributed by atoms with Crippen LogP contribution in [0.25, 0.3) is 0 Å². The summed E-state index contributed by atoms with van der Waals surface area (Å²) in [6.45, 7) is 0. The van der Waals surface area contributed by atoms with E-state index in [1.165, 1.54) is 6.07 Å². The summed E-state index contributed by atoms with van der Waals surface area (Å²) < 4.78 is 38.1. The number of rotatable bonds is 3. The zero-order valence-electron chi connectivity index (χ0n) is 11.6. The molecular formula is C15H21ClF3NO. The van der Waals surface area contributed by atoms with Crippen LogP contribution in [0.1, 0.15) is 49.3 Å². The number of benzene rings is 1. The summed E-state index contributed by atoms with van der Waals surface area (Å²) in [7, 11) is 0. The quantitative estimate of drug-likeness (QED) is 0.881. The van der Waals surface area contributed by atoms with Crippen LogP contribution in [0.4, 0.5) is 13.2 Å². The summed E-state index contributed by atoms with van der Waals surface area (Å²) in [5.74, 6) is 0.0910. The molecule has 0 spiro atoms. The van der Waals surface area contributed by atoms with Gasteiger partial charge in [0, 0.05) is 0 Å². The van der Waals surface area contributed by atoms with Crippen molar-refractivity contribution in [3.05, 3.63) is 35.4 Å². The van der Waals surface area contributed by atoms with Gasteiger partial charge in [0.1, 0.15) is 0 Å². The summed E-state index contributed by atoms with van der Waals surface area (Å²) in [6, 6.07) is 4.18. The van der Waals surface area contributed by atoms with Gasteiger partial charge in [0.2, 0.25) is 0 Å². The Bertz CT molecular complexity index is 447. The van der Waals surface area contributed by atoms with E-state index in [4.69, 9.17) is 5.73 Å². The number of hydrogen-bond donors (Lipinski definition) is 2. The first kappa shape index (κ1) is 18.3. The molecule has 2 nitrogen and oxygen atoms in total. The normalized spacial score (nSPS) is 19.7. The number of halogens is 4. The Kier molecular flexibility index (Phi) is 6.50. The van der Waals surface area contributed by atoms with Gasteiger partial charge in [0.05, 0.1) is 17.7 Å². The molecule has 1 saturated carbocycles. The van der Waals surface area contributed by atoms with Crippen LogP contribution in [-0.4, -0.2) is 11.2 Å². The van der Waals surface area contributed by atoms with Crippen LogP contribution in [0.2, 0.25) is 0 Å². The molecule has 1 fully saturated rings. The number of nitrogens with two attached hydrogens (primary N) is 1. The van der Waals surface area contributed by atoms with Gasteiger partial charge in [-0.15, -0.1) is 12.4 Å². The van der Waals surface area contributed by atoms with E-state index in [0.29, 0.717) is 5.56 Å². The zero-order valence-corrected chi connectivity index (χ0v) is 12.5. The highest BCUT2D eigenvalue weighted by molar-refractivity contribution is 5.85. The van der Waals surface area contributed by atoms with Crippen molar-refractivity contribution in [3.63, 3.8) is 0 Å². The first-order valence-corrected chi connectivity index (χ1v) is 7.00. The molecule has 2 atom stereocenters. The highest BCUT2D eigenvalue weighted by atomic mass is 35.5. The Hall–Kier alpha value is -0.780. The van der Waals surface area contributed by atoms with Crippen molar-refractivity contribution < 1.29 is 18.3 Å². The average Bonchev–Trinajstić information content (AvgIpc) is 2.46. The van der Waals surface area contributed by atoms with E-state index >= 15 is 0 Å². The molecular weight excluding hydrogens is 303 g/mol. The minimum Gasteiger partial charge on any atom is -0.391 e. The van der Waals surface area contributed by atoms with Crippen LogP contribution < -0.4 is 5.73 Å². The first-order chi connectivity index (χ1) is 9.39. The minimum absolute atomic E-state index is 0. The van der Waals surface area contributed by atoms with Crippen LogP contribution in [0.3, 0.4) is 0 Å². The highest BCUT2D eigenvalue weighted by Gasteiger charge is 2.32. The topological polar surface area (TPSA) is 46.2 Å². The molecule has 1 aromatic rings. The van der Waals surface area contributed by atoms with Gasteiger partial charge in [-0.2, -0.15) is 13.2 Å². The molecule has 0 aromatic heterocycles. The van der Waals surface area contributed by atoms with Crippen molar-refractivity contribution in [2.45, 2.75) is 50.4 Å². The summed E-state index contributed by atoms with van der Waals surface area (Å²) in [5.41, 5.74) is 5.59. The monoisotopic (exact) mass is 323 g/mol. The second-order valence-electron chi connectivity index (χ2n) is 5.54. The van der Waals surface area contributed by atoms with Gasteiger partial charge in [-0.3, -0.25) is 0 Å². The fourth-order valence-corrected chi connectivity index (χ4v) is 2.89. The Morgan fingerprint density at radius 1 is 1.14 bits per heavy atom. The molecule has 21 heavy (non-hydrogen) atoms. The molecule has 0 unspecified atom stereocenters. The summed E-state index contributed by atoms with van der Waals surface area (Å²) in [6.07, 6.45) is -0.109. The largest absolute Gasteiger partial charge is 0.416 e. The number of hydrogen-bond acceptors (Lipinski definition) is 2. The van der Waals surface area contributed by atoms with E-state index in [9.17, 15) is 18.3 Å². The van der Waals surface area contributed by atoms with Crippen LogP contribution in [0, 0.1) is 5.92 Å². The fourth-order valence-electron chi connectivity index (χ4n) is 2.89. The minimum atomic E-state index is -4.38. The summed E-state index contributed by atoms with van der Waals surface area (Å²) >= 11 is 0. The lowest BCUT2D eigenvalue weighted by Gasteiger charge is -2.30. The summed E-state index contributed by atoms with van der Waals surface area (Å²) in [5, 5.41) is 10.3. The second-order valence-corrected chi connectivity index (χ2v) is 5.54. The SMILES string of the molecule is Cl.N[C@@H](c1cccc(C(F)(F)F)c1)[C@H](O)C1CCCCC1. The first-order valence-electron chi connectivity index (χ1n) is 7.00. The predicted octanol–water partition coefficient (Wildman–Crippen LogP) is 4.07. The maximum atomic E-state index is 12.7. The lowest BCUT2D eigenvalue weighted by molar-refractivity contribution is -0.137. The molecule has 0 bridgehead atoms. The van der Waals surface area contributed by atoms with Gasteiger partial charge in [-0.25, -0.2) is 0 Å². The maximum absolute atomic E-state index is 12.7. The standard InChI is InChI=1S/C15H20F3NO.ClH/c16-15(17,18)12-8-4-7-11(9-12)13(19)14(20)10-5-2-1-3-6-10;/h4,7-10,13-14,20H,1-3,5-6,19H2;1H/t13-,14+;/m0./s1. The summed E-state index contributed by atoms with van der Waals surface area (Å²) in [4.78, 5) is 0. The molecule has 3 N–H and O–H groups in total. The van der Waals surface area contributed by atoms with Crippen molar-refractivity contribution in [1.29, 1.82) is 0 Å². The molecule has 2 rings (SSSR count). The number of aliphatic hydroxyl groups excluding tert-OH is 1. The smallest absolute Gasteiger partial charge is 0.391 e. The lowest BCUT2D eigenvalue weighted by Crippen LogP contribution is -2.34. The van der Waals surface area contributed by atoms with Gasteiger partial charge in [-0.05, 0) is 36.5 Å². The van der Waals surface area contributed by atoms with Crippen LogP contribution in [0.15, 0.2) is 24.3 Å². The van der Waals surface area contributed by atoms with E-state index in [1.54, 1.807) is 6.07 Å². The fraction of sp³-hybridized carbons (Fsp3) is 0.600. The Morgan fingerprint density at radius 2 is 1.76 bits per heavy atom. The molecule has 0 radical (unpaired) electrons. The Morgan fingerprint density at radius 3 is 2.33 bits per heavy atom. The van der Waals surface area contributed by atoms with Gasteiger partial charge >= 0.3 is 6.18 Å². The molecule has 1 aliphatic rings. The van der Waals surface area contributed by atoms with Crippen molar-refractivity contribution in [2.75, 3.05) is 0 Å². The van der Waals surface area contributed by atoms with E-state index in [-0.39, 0.29) is 18.3 Å². The third-order valence-corrected chi connectivity index (χ3v) is 4.10. The van der Waals surface area contributed by atoms with E-state index in [0.717, 1.165) is 44.2 Å². The Balaban J connectivity index is 0.00000220. The number of alkyl halides is 3. The van der Waals surface area contributed by atoms with E-state index in [1.807, 2.05) is 0 Å². The highest BCUT2D eigenvalue weighted by Crippen LogP contribution is 2.34. The second kappa shape index (κ2) is 7.47. The molecule has 0 heterocycles. The third-order valence-electron chi connectivity index (χ3n) is 4.10. The third kappa shape index (κ3) is 4.59. The average molecular weight is 324 g/mol. The lowest BCUT2D eigenvalue weighted by atomic mass is 9.81. The van der Waals surface area contributed by atoms with Crippen molar-refractivity contribution in [2.24, 2.45) is 11.7 Å². The molecule has 1 aliphatic carbocycles. The van der Waals surface area contributed by atoms with Gasteiger partial charge in [0.15, 0.2) is 0 Å². The maximum Gasteiger partial charge on any atom is 0.416 e. The Labute approximate surface area is 128 Å². The molecule has 1 aromatic carbocycles. The van der Waals surface area contributed by atoms with Gasteiger partial charge in [0.25, 0.3) is 0 Å². The molecule has 120 valence electrons. The molecule has 0 saturated heterocycles. The zero-order chi connectivity index (χ0) is 14.8. The van der Waals surface area contributed by atoms with Crippen LogP contribution in [0.5, 0.6) is 0 Å². The van der Waals surface area contributed by atoms with E-state index < -0.39 is 23.9 Å². The molecule has 0 aliphatic heterocycles. The van der Waals surface area contributed by atoms with Crippen molar-refractivity contribution in [1.82, 2.24) is 0 Å². The van der Waals surface area contributed by atoms with E-state index in [2.05, 4.69) is 0 Å². The number of aliphatic hydroxyl groups is 1. The van der Waals surface area contributed by atoms with Crippen molar-refractivity contribution >= 4 is 12.4 Å². The van der Waals surface area contributed by atoms with Gasteiger partial charge in [-0.1, -0.05) is 31.4 Å². The van der Waals surface area contributed by atoms with Gasteiger partial charge < -0.3 is 10.8 Å². The molecule has 6 heteroatoms. The van der Waals surface area contributed by atoms with Crippen LogP contribution >= 0.6 is 12.4 Å². The predicted molar refractivity (Wildman–Crippen MR) is 78.2 cm³/mol. The van der Waals surface area contributed by atoms with Crippen molar-refractivity contribution in [3.8, 4) is 0 Å².